The van der Waals surface area contributed by atoms with Crippen LogP contribution < -0.4 is 10.6 Å². The molecule has 2 heterocycles. The molecule has 2 aromatic rings. The van der Waals surface area contributed by atoms with Gasteiger partial charge < -0.3 is 20.3 Å². The lowest BCUT2D eigenvalue weighted by Gasteiger charge is -2.27. The van der Waals surface area contributed by atoms with E-state index in [-0.39, 0.29) is 41.9 Å². The van der Waals surface area contributed by atoms with Crippen LogP contribution in [0.25, 0.3) is 0 Å². The van der Waals surface area contributed by atoms with Crippen molar-refractivity contribution in [3.8, 4) is 0 Å². The number of ether oxygens (including phenoxy) is 1. The second-order valence-electron chi connectivity index (χ2n) is 7.69. The first-order valence-corrected chi connectivity index (χ1v) is 10.4. The van der Waals surface area contributed by atoms with Crippen LogP contribution in [0.2, 0.25) is 0 Å². The number of halogens is 2. The molecule has 172 valence electrons. The second kappa shape index (κ2) is 12.3. The van der Waals surface area contributed by atoms with E-state index in [0.29, 0.717) is 13.2 Å². The van der Waals surface area contributed by atoms with Crippen LogP contribution in [0.1, 0.15) is 36.6 Å². The predicted octanol–water partition coefficient (Wildman–Crippen LogP) is 2.35. The van der Waals surface area contributed by atoms with Gasteiger partial charge in [0, 0.05) is 26.1 Å². The normalized spacial score (nSPS) is 17.1. The third-order valence-electron chi connectivity index (χ3n) is 5.16. The minimum absolute atomic E-state index is 0. The number of nitrogens with zero attached hydrogens (tertiary/aromatic N) is 5. The molecule has 0 fully saturated rings. The van der Waals surface area contributed by atoms with Gasteiger partial charge in [0.25, 0.3) is 0 Å². The van der Waals surface area contributed by atoms with E-state index in [2.05, 4.69) is 25.6 Å². The summed E-state index contributed by atoms with van der Waals surface area (Å²) in [6.45, 7) is 4.55. The molecule has 0 spiro atoms. The minimum atomic E-state index is -0.229. The maximum absolute atomic E-state index is 13.3. The van der Waals surface area contributed by atoms with Crippen molar-refractivity contribution in [2.24, 2.45) is 4.99 Å². The Kier molecular flexibility index (Phi) is 10.1. The van der Waals surface area contributed by atoms with Crippen molar-refractivity contribution in [2.75, 3.05) is 34.3 Å². The molecule has 8 nitrogen and oxygen atoms in total. The van der Waals surface area contributed by atoms with Crippen molar-refractivity contribution in [2.45, 2.75) is 45.0 Å². The summed E-state index contributed by atoms with van der Waals surface area (Å²) in [6.07, 6.45) is 1.83. The highest BCUT2D eigenvalue weighted by Crippen LogP contribution is 2.19. The Labute approximate surface area is 200 Å². The van der Waals surface area contributed by atoms with Crippen LogP contribution in [0.3, 0.4) is 0 Å². The first-order chi connectivity index (χ1) is 14.5. The van der Waals surface area contributed by atoms with Crippen molar-refractivity contribution in [1.29, 1.82) is 0 Å². The molecule has 2 atom stereocenters. The average Bonchev–Trinajstić information content (AvgIpc) is 3.11. The number of hydrogen-bond donors (Lipinski definition) is 2. The Balaban J connectivity index is 0.00000341. The van der Waals surface area contributed by atoms with Crippen LogP contribution in [-0.2, 0) is 24.3 Å². The Hall–Kier alpha value is -1.79. The number of fused-ring (bicyclic) bond motifs is 1. The van der Waals surface area contributed by atoms with Gasteiger partial charge >= 0.3 is 0 Å². The molecule has 0 aliphatic carbocycles. The van der Waals surface area contributed by atoms with Gasteiger partial charge in [0.05, 0.1) is 19.1 Å². The molecule has 0 saturated heterocycles. The van der Waals surface area contributed by atoms with Crippen molar-refractivity contribution >= 4 is 29.9 Å². The molecule has 2 N–H and O–H groups in total. The molecule has 10 heteroatoms. The fraction of sp³-hybridized carbons (Fsp3) is 0.571. The van der Waals surface area contributed by atoms with Crippen molar-refractivity contribution in [1.82, 2.24) is 30.3 Å². The highest BCUT2D eigenvalue weighted by molar-refractivity contribution is 14.0. The molecule has 1 aliphatic rings. The number of guanidine groups is 1. The van der Waals surface area contributed by atoms with Crippen molar-refractivity contribution in [3.05, 3.63) is 47.3 Å². The van der Waals surface area contributed by atoms with Crippen LogP contribution in [0, 0.1) is 5.82 Å². The van der Waals surface area contributed by atoms with Crippen LogP contribution in [0.4, 0.5) is 4.39 Å². The van der Waals surface area contributed by atoms with Gasteiger partial charge in [-0.05, 0) is 45.1 Å². The molecule has 31 heavy (non-hydrogen) atoms. The number of benzene rings is 1. The van der Waals surface area contributed by atoms with Gasteiger partial charge in [0.2, 0.25) is 0 Å². The molecule has 0 saturated carbocycles. The molecular weight excluding hydrogens is 512 g/mol. The molecule has 1 aromatic carbocycles. The maximum atomic E-state index is 13.3. The monoisotopic (exact) mass is 545 g/mol. The number of aromatic nitrogens is 3. The van der Waals surface area contributed by atoms with Gasteiger partial charge in [-0.2, -0.15) is 5.10 Å². The third-order valence-corrected chi connectivity index (χ3v) is 5.16. The number of methoxy groups -OCH3 is 1. The molecule has 3 rings (SSSR count). The van der Waals surface area contributed by atoms with Gasteiger partial charge in [-0.15, -0.1) is 24.0 Å². The van der Waals surface area contributed by atoms with E-state index in [1.54, 1.807) is 7.11 Å². The van der Waals surface area contributed by atoms with E-state index in [1.165, 1.54) is 12.1 Å². The van der Waals surface area contributed by atoms with Crippen molar-refractivity contribution in [3.63, 3.8) is 0 Å². The van der Waals surface area contributed by atoms with Crippen LogP contribution in [0.15, 0.2) is 29.3 Å². The maximum Gasteiger partial charge on any atom is 0.191 e. The summed E-state index contributed by atoms with van der Waals surface area (Å²) in [5, 5.41) is 11.4. The predicted molar refractivity (Wildman–Crippen MR) is 130 cm³/mol. The molecule has 1 aliphatic heterocycles. The van der Waals surface area contributed by atoms with Gasteiger partial charge in [0.15, 0.2) is 11.8 Å². The quantitative estimate of drug-likeness (QED) is 0.301. The second-order valence-corrected chi connectivity index (χ2v) is 7.69. The fourth-order valence-electron chi connectivity index (χ4n) is 3.61. The molecule has 0 bridgehead atoms. The summed E-state index contributed by atoms with van der Waals surface area (Å²) in [5.74, 6) is 2.28. The lowest BCUT2D eigenvalue weighted by Crippen LogP contribution is -2.47. The highest BCUT2D eigenvalue weighted by atomic mass is 127. The number of aryl methyl sites for hydroxylation is 1. The van der Waals surface area contributed by atoms with Gasteiger partial charge in [-0.1, -0.05) is 12.1 Å². The summed E-state index contributed by atoms with van der Waals surface area (Å²) in [7, 11) is 5.67. The lowest BCUT2D eigenvalue weighted by molar-refractivity contribution is 0.177. The molecule has 0 amide bonds. The van der Waals surface area contributed by atoms with Crippen LogP contribution in [0.5, 0.6) is 0 Å². The summed E-state index contributed by atoms with van der Waals surface area (Å²) >= 11 is 0. The van der Waals surface area contributed by atoms with Gasteiger partial charge in [-0.3, -0.25) is 4.99 Å². The zero-order valence-corrected chi connectivity index (χ0v) is 21.0. The summed E-state index contributed by atoms with van der Waals surface area (Å²) in [4.78, 5) is 11.4. The van der Waals surface area contributed by atoms with Gasteiger partial charge in [-0.25, -0.2) is 14.1 Å². The van der Waals surface area contributed by atoms with E-state index < -0.39 is 0 Å². The Bertz CT molecular complexity index is 841. The van der Waals surface area contributed by atoms with Crippen molar-refractivity contribution < 1.29 is 9.13 Å². The standard InChI is InChI=1S/C21H32FN7O.HI/c1-5-23-21(24-12-18(28(2)3)15-6-8-16(22)9-7-15)25-17-10-11-20-26-19(14-30-4)27-29(20)13-17;/h6-9,17-18H,5,10-14H2,1-4H3,(H2,23,24,25);1H. The fourth-order valence-corrected chi connectivity index (χ4v) is 3.61. The molecule has 0 radical (unpaired) electrons. The number of rotatable bonds is 8. The van der Waals surface area contributed by atoms with E-state index >= 15 is 0 Å². The Morgan fingerprint density at radius 2 is 2.10 bits per heavy atom. The number of nitrogens with one attached hydrogen (secondary N) is 2. The zero-order chi connectivity index (χ0) is 21.5. The van der Waals surface area contributed by atoms with Crippen LogP contribution in [-0.4, -0.2) is 66.0 Å². The van der Waals surface area contributed by atoms with E-state index in [9.17, 15) is 4.39 Å². The average molecular weight is 545 g/mol. The zero-order valence-electron chi connectivity index (χ0n) is 18.6. The first-order valence-electron chi connectivity index (χ1n) is 10.4. The number of likely N-dealkylation sites (N-methyl/N-ethyl adjacent to an activating group) is 1. The largest absolute Gasteiger partial charge is 0.377 e. The summed E-state index contributed by atoms with van der Waals surface area (Å²) in [5.41, 5.74) is 1.04. The summed E-state index contributed by atoms with van der Waals surface area (Å²) in [6, 6.07) is 6.91. The highest BCUT2D eigenvalue weighted by Gasteiger charge is 2.23. The smallest absolute Gasteiger partial charge is 0.191 e. The minimum Gasteiger partial charge on any atom is -0.377 e. The first kappa shape index (κ1) is 25.5. The van der Waals surface area contributed by atoms with E-state index in [1.807, 2.05) is 37.8 Å². The molecule has 2 unspecified atom stereocenters. The topological polar surface area (TPSA) is 79.6 Å². The summed E-state index contributed by atoms with van der Waals surface area (Å²) < 4.78 is 20.4. The van der Waals surface area contributed by atoms with Crippen LogP contribution >= 0.6 is 24.0 Å². The number of aliphatic imine (C=N–C) groups is 1. The SMILES string of the molecule is CCNC(=NCC(c1ccc(F)cc1)N(C)C)NC1CCc2nc(COC)nn2C1.I. The lowest BCUT2D eigenvalue weighted by atomic mass is 10.1. The third kappa shape index (κ3) is 7.11. The Morgan fingerprint density at radius 1 is 1.35 bits per heavy atom. The van der Waals surface area contributed by atoms with E-state index in [4.69, 9.17) is 9.73 Å². The Morgan fingerprint density at radius 3 is 2.74 bits per heavy atom. The molecule has 1 aromatic heterocycles. The number of hydrogen-bond acceptors (Lipinski definition) is 5. The molecular formula is C21H33FIN7O. The van der Waals surface area contributed by atoms with Gasteiger partial charge in [0.1, 0.15) is 18.2 Å². The van der Waals surface area contributed by atoms with E-state index in [0.717, 1.165) is 49.1 Å².